The van der Waals surface area contributed by atoms with Gasteiger partial charge in [0.15, 0.2) is 0 Å². The predicted octanol–water partition coefficient (Wildman–Crippen LogP) is 7.35. The van der Waals surface area contributed by atoms with E-state index >= 15 is 0 Å². The second kappa shape index (κ2) is 13.9. The second-order valence-electron chi connectivity index (χ2n) is 8.82. The summed E-state index contributed by atoms with van der Waals surface area (Å²) in [6.07, 6.45) is 13.5. The summed E-state index contributed by atoms with van der Waals surface area (Å²) in [5.74, 6) is 1.23. The number of benzene rings is 1. The van der Waals surface area contributed by atoms with Crippen molar-refractivity contribution in [3.63, 3.8) is 0 Å². The van der Waals surface area contributed by atoms with Crippen molar-refractivity contribution in [2.75, 3.05) is 0 Å². The monoisotopic (exact) mass is 392 g/mol. The third-order valence-electron chi connectivity index (χ3n) is 6.34. The Morgan fingerprint density at radius 1 is 0.821 bits per heavy atom. The molecule has 0 saturated carbocycles. The van der Waals surface area contributed by atoms with E-state index in [2.05, 4.69) is 27.7 Å². The van der Waals surface area contributed by atoms with Crippen molar-refractivity contribution >= 4 is 0 Å². The van der Waals surface area contributed by atoms with Gasteiger partial charge in [-0.2, -0.15) is 0 Å². The maximum atomic E-state index is 10.8. The molecule has 0 spiro atoms. The fourth-order valence-corrected chi connectivity index (χ4v) is 4.29. The van der Waals surface area contributed by atoms with E-state index < -0.39 is 6.10 Å². The Balaban J connectivity index is 2.50. The van der Waals surface area contributed by atoms with Crippen LogP contribution in [0.3, 0.4) is 0 Å². The van der Waals surface area contributed by atoms with E-state index in [9.17, 15) is 15.3 Å². The molecule has 0 aliphatic rings. The highest BCUT2D eigenvalue weighted by atomic mass is 16.3. The lowest BCUT2D eigenvalue weighted by molar-refractivity contribution is 0.0752. The molecule has 0 aromatic heterocycles. The number of phenols is 2. The molecule has 4 atom stereocenters. The van der Waals surface area contributed by atoms with Gasteiger partial charge in [0.1, 0.15) is 11.5 Å². The first-order chi connectivity index (χ1) is 13.4. The number of aliphatic hydroxyl groups excluding tert-OH is 1. The summed E-state index contributed by atoms with van der Waals surface area (Å²) in [5, 5.41) is 30.5. The highest BCUT2D eigenvalue weighted by Crippen LogP contribution is 2.38. The van der Waals surface area contributed by atoms with E-state index in [4.69, 9.17) is 0 Å². The average Bonchev–Trinajstić information content (AvgIpc) is 2.68. The zero-order chi connectivity index (χ0) is 20.9. The van der Waals surface area contributed by atoms with Crippen molar-refractivity contribution in [1.82, 2.24) is 0 Å². The van der Waals surface area contributed by atoms with Gasteiger partial charge in [0.25, 0.3) is 0 Å². The first kappa shape index (κ1) is 24.8. The van der Waals surface area contributed by atoms with E-state index in [0.717, 1.165) is 6.42 Å². The zero-order valence-electron chi connectivity index (χ0n) is 18.7. The van der Waals surface area contributed by atoms with Crippen molar-refractivity contribution in [2.24, 2.45) is 17.8 Å². The van der Waals surface area contributed by atoms with Gasteiger partial charge in [-0.05, 0) is 42.4 Å². The van der Waals surface area contributed by atoms with E-state index in [1.165, 1.54) is 82.4 Å². The Bertz CT molecular complexity index is 529. The average molecular weight is 393 g/mol. The first-order valence-electron chi connectivity index (χ1n) is 11.6. The van der Waals surface area contributed by atoms with Crippen LogP contribution in [0, 0.1) is 17.8 Å². The van der Waals surface area contributed by atoms with Crippen molar-refractivity contribution in [3.05, 3.63) is 23.8 Å². The fraction of sp³-hybridized carbons (Fsp3) is 0.760. The SMILES string of the molecule is CCCCCCCCCC(CCC)CC(C)C(C)C(O)c1cc(O)ccc1O. The normalized spacial score (nSPS) is 15.9. The molecule has 4 unspecified atom stereocenters. The lowest BCUT2D eigenvalue weighted by Crippen LogP contribution is -2.20. The Labute approximate surface area is 173 Å². The third-order valence-corrected chi connectivity index (χ3v) is 6.34. The summed E-state index contributed by atoms with van der Waals surface area (Å²) < 4.78 is 0. The van der Waals surface area contributed by atoms with Gasteiger partial charge in [-0.15, -0.1) is 0 Å². The molecule has 0 heterocycles. The highest BCUT2D eigenvalue weighted by molar-refractivity contribution is 5.40. The van der Waals surface area contributed by atoms with Gasteiger partial charge in [-0.25, -0.2) is 0 Å². The van der Waals surface area contributed by atoms with Crippen LogP contribution < -0.4 is 0 Å². The van der Waals surface area contributed by atoms with Crippen LogP contribution in [0.5, 0.6) is 11.5 Å². The lowest BCUT2D eigenvalue weighted by Gasteiger charge is -2.29. The second-order valence-corrected chi connectivity index (χ2v) is 8.82. The molecule has 3 heteroatoms. The minimum Gasteiger partial charge on any atom is -0.508 e. The van der Waals surface area contributed by atoms with Crippen molar-refractivity contribution < 1.29 is 15.3 Å². The Hall–Kier alpha value is -1.22. The van der Waals surface area contributed by atoms with Crippen LogP contribution in [-0.2, 0) is 0 Å². The summed E-state index contributed by atoms with van der Waals surface area (Å²) in [6.45, 7) is 8.78. The summed E-state index contributed by atoms with van der Waals surface area (Å²) in [7, 11) is 0. The number of hydrogen-bond acceptors (Lipinski definition) is 3. The molecule has 0 radical (unpaired) electrons. The van der Waals surface area contributed by atoms with Crippen LogP contribution >= 0.6 is 0 Å². The maximum Gasteiger partial charge on any atom is 0.121 e. The number of aliphatic hydroxyl groups is 1. The summed E-state index contributed by atoms with van der Waals surface area (Å²) >= 11 is 0. The summed E-state index contributed by atoms with van der Waals surface area (Å²) in [5.41, 5.74) is 0.429. The van der Waals surface area contributed by atoms with E-state index in [1.807, 2.05) is 0 Å². The number of aromatic hydroxyl groups is 2. The van der Waals surface area contributed by atoms with E-state index in [1.54, 1.807) is 0 Å². The van der Waals surface area contributed by atoms with Crippen molar-refractivity contribution in [2.45, 2.75) is 104 Å². The molecule has 1 rings (SSSR count). The molecule has 0 aliphatic carbocycles. The van der Waals surface area contributed by atoms with Crippen LogP contribution in [0.1, 0.15) is 110 Å². The Kier molecular flexibility index (Phi) is 12.3. The number of unbranched alkanes of at least 4 members (excludes halogenated alkanes) is 6. The molecule has 1 aromatic rings. The summed E-state index contributed by atoms with van der Waals surface area (Å²) in [4.78, 5) is 0. The molecule has 0 bridgehead atoms. The number of phenolic OH excluding ortho intramolecular Hbond substituents is 2. The summed E-state index contributed by atoms with van der Waals surface area (Å²) in [6, 6.07) is 4.37. The minimum atomic E-state index is -0.761. The highest BCUT2D eigenvalue weighted by Gasteiger charge is 2.26. The Morgan fingerprint density at radius 2 is 1.46 bits per heavy atom. The standard InChI is InChI=1S/C25H44O3/c1-5-7-8-9-10-11-12-14-21(13-6-2)17-19(3)20(4)25(28)23-18-22(26)15-16-24(23)27/h15-16,18-21,25-28H,5-14,17H2,1-4H3. The van der Waals surface area contributed by atoms with Crippen molar-refractivity contribution in [1.29, 1.82) is 0 Å². The van der Waals surface area contributed by atoms with Gasteiger partial charge in [0.05, 0.1) is 6.10 Å². The van der Waals surface area contributed by atoms with Crippen LogP contribution in [0.15, 0.2) is 18.2 Å². The molecule has 162 valence electrons. The first-order valence-corrected chi connectivity index (χ1v) is 11.6. The minimum absolute atomic E-state index is 0.0288. The van der Waals surface area contributed by atoms with Crippen molar-refractivity contribution in [3.8, 4) is 11.5 Å². The fourth-order valence-electron chi connectivity index (χ4n) is 4.29. The largest absolute Gasteiger partial charge is 0.508 e. The molecular weight excluding hydrogens is 348 g/mol. The van der Waals surface area contributed by atoms with Crippen LogP contribution in [0.25, 0.3) is 0 Å². The molecule has 28 heavy (non-hydrogen) atoms. The lowest BCUT2D eigenvalue weighted by atomic mass is 9.79. The molecule has 0 fully saturated rings. The zero-order valence-corrected chi connectivity index (χ0v) is 18.7. The third kappa shape index (κ3) is 8.86. The number of rotatable bonds is 15. The van der Waals surface area contributed by atoms with Gasteiger partial charge in [0.2, 0.25) is 0 Å². The molecule has 0 aliphatic heterocycles. The van der Waals surface area contributed by atoms with E-state index in [-0.39, 0.29) is 17.4 Å². The van der Waals surface area contributed by atoms with Gasteiger partial charge in [0, 0.05) is 5.56 Å². The van der Waals surface area contributed by atoms with Gasteiger partial charge < -0.3 is 15.3 Å². The molecule has 1 aromatic carbocycles. The van der Waals surface area contributed by atoms with Crippen LogP contribution in [0.2, 0.25) is 0 Å². The molecule has 0 saturated heterocycles. The molecule has 0 amide bonds. The molecular formula is C25H44O3. The van der Waals surface area contributed by atoms with Crippen LogP contribution in [-0.4, -0.2) is 15.3 Å². The quantitative estimate of drug-likeness (QED) is 0.216. The van der Waals surface area contributed by atoms with Gasteiger partial charge in [-0.3, -0.25) is 0 Å². The molecule has 3 N–H and O–H groups in total. The van der Waals surface area contributed by atoms with Crippen LogP contribution in [0.4, 0.5) is 0 Å². The van der Waals surface area contributed by atoms with E-state index in [0.29, 0.717) is 17.4 Å². The topological polar surface area (TPSA) is 60.7 Å². The smallest absolute Gasteiger partial charge is 0.121 e. The maximum absolute atomic E-state index is 10.8. The molecule has 3 nitrogen and oxygen atoms in total. The van der Waals surface area contributed by atoms with Gasteiger partial charge >= 0.3 is 0 Å². The predicted molar refractivity (Wildman–Crippen MR) is 119 cm³/mol. The van der Waals surface area contributed by atoms with Gasteiger partial charge in [-0.1, -0.05) is 91.9 Å². The number of hydrogen-bond donors (Lipinski definition) is 3. The Morgan fingerprint density at radius 3 is 2.11 bits per heavy atom.